The van der Waals surface area contributed by atoms with E-state index in [9.17, 15) is 0 Å². The maximum atomic E-state index is 8.61. The van der Waals surface area contributed by atoms with Gasteiger partial charge in [-0.1, -0.05) is 0 Å². The molecule has 0 aromatic heterocycles. The standard InChI is InChI=1S/C11H13NO2/c1-8-6-10(13-2)11(14-3)7-9(8)4-5-12/h6-7H,4H2,1-3H3. The fourth-order valence-electron chi connectivity index (χ4n) is 1.30. The number of nitriles is 1. The third-order valence-corrected chi connectivity index (χ3v) is 2.11. The number of hydrogen-bond acceptors (Lipinski definition) is 3. The highest BCUT2D eigenvalue weighted by molar-refractivity contribution is 5.47. The highest BCUT2D eigenvalue weighted by Gasteiger charge is 2.07. The van der Waals surface area contributed by atoms with Crippen LogP contribution in [0.15, 0.2) is 12.1 Å². The van der Waals surface area contributed by atoms with Gasteiger partial charge in [0.05, 0.1) is 26.7 Å². The predicted molar refractivity (Wildman–Crippen MR) is 53.6 cm³/mol. The zero-order valence-electron chi connectivity index (χ0n) is 8.63. The van der Waals surface area contributed by atoms with E-state index in [4.69, 9.17) is 14.7 Å². The van der Waals surface area contributed by atoms with Crippen LogP contribution in [0.4, 0.5) is 0 Å². The van der Waals surface area contributed by atoms with E-state index >= 15 is 0 Å². The summed E-state index contributed by atoms with van der Waals surface area (Å²) in [4.78, 5) is 0. The van der Waals surface area contributed by atoms with Crippen LogP contribution in [0.3, 0.4) is 0 Å². The fourth-order valence-corrected chi connectivity index (χ4v) is 1.30. The van der Waals surface area contributed by atoms with Crippen molar-refractivity contribution < 1.29 is 9.47 Å². The molecule has 0 N–H and O–H groups in total. The van der Waals surface area contributed by atoms with E-state index in [1.165, 1.54) is 0 Å². The zero-order chi connectivity index (χ0) is 10.6. The normalized spacial score (nSPS) is 9.29. The average Bonchev–Trinajstić information content (AvgIpc) is 2.20. The molecule has 0 fully saturated rings. The highest BCUT2D eigenvalue weighted by atomic mass is 16.5. The summed E-state index contributed by atoms with van der Waals surface area (Å²) in [5.74, 6) is 1.37. The molecule has 0 unspecified atom stereocenters. The summed E-state index contributed by atoms with van der Waals surface area (Å²) in [6.07, 6.45) is 0.395. The Bertz CT molecular complexity index is 366. The van der Waals surface area contributed by atoms with Crippen molar-refractivity contribution in [3.05, 3.63) is 23.3 Å². The quantitative estimate of drug-likeness (QED) is 0.734. The molecule has 0 aliphatic carbocycles. The van der Waals surface area contributed by atoms with Crippen LogP contribution >= 0.6 is 0 Å². The van der Waals surface area contributed by atoms with Crippen LogP contribution in [-0.4, -0.2) is 14.2 Å². The maximum absolute atomic E-state index is 8.61. The van der Waals surface area contributed by atoms with Gasteiger partial charge in [0.1, 0.15) is 0 Å². The Hall–Kier alpha value is -1.69. The van der Waals surface area contributed by atoms with E-state index in [0.29, 0.717) is 17.9 Å². The second-order valence-corrected chi connectivity index (χ2v) is 2.97. The Kier molecular flexibility index (Phi) is 3.35. The molecule has 3 nitrogen and oxygen atoms in total. The third kappa shape index (κ3) is 1.97. The van der Waals surface area contributed by atoms with Crippen molar-refractivity contribution in [2.45, 2.75) is 13.3 Å². The number of hydrogen-bond donors (Lipinski definition) is 0. The first-order valence-corrected chi connectivity index (χ1v) is 4.31. The summed E-state index contributed by atoms with van der Waals surface area (Å²) >= 11 is 0. The Morgan fingerprint density at radius 1 is 1.21 bits per heavy atom. The summed E-state index contributed by atoms with van der Waals surface area (Å²) < 4.78 is 10.3. The summed E-state index contributed by atoms with van der Waals surface area (Å²) in [5.41, 5.74) is 2.02. The monoisotopic (exact) mass is 191 g/mol. The van der Waals surface area contributed by atoms with Gasteiger partial charge in [-0.3, -0.25) is 0 Å². The lowest BCUT2D eigenvalue weighted by Gasteiger charge is -2.10. The molecule has 1 rings (SSSR count). The number of aryl methyl sites for hydroxylation is 1. The van der Waals surface area contributed by atoms with Crippen molar-refractivity contribution in [1.82, 2.24) is 0 Å². The molecule has 0 radical (unpaired) electrons. The van der Waals surface area contributed by atoms with Crippen molar-refractivity contribution in [3.8, 4) is 17.6 Å². The Labute approximate surface area is 83.9 Å². The smallest absolute Gasteiger partial charge is 0.161 e. The Balaban J connectivity index is 3.17. The third-order valence-electron chi connectivity index (χ3n) is 2.11. The van der Waals surface area contributed by atoms with Crippen LogP contribution in [0, 0.1) is 18.3 Å². The van der Waals surface area contributed by atoms with Crippen molar-refractivity contribution in [2.75, 3.05) is 14.2 Å². The Morgan fingerprint density at radius 2 is 1.79 bits per heavy atom. The van der Waals surface area contributed by atoms with E-state index in [1.807, 2.05) is 19.1 Å². The van der Waals surface area contributed by atoms with Crippen LogP contribution in [0.1, 0.15) is 11.1 Å². The lowest BCUT2D eigenvalue weighted by atomic mass is 10.1. The van der Waals surface area contributed by atoms with E-state index in [0.717, 1.165) is 11.1 Å². The Morgan fingerprint density at radius 3 is 2.29 bits per heavy atom. The van der Waals surface area contributed by atoms with Gasteiger partial charge in [0.2, 0.25) is 0 Å². The van der Waals surface area contributed by atoms with Crippen molar-refractivity contribution in [1.29, 1.82) is 5.26 Å². The fraction of sp³-hybridized carbons (Fsp3) is 0.364. The summed E-state index contributed by atoms with van der Waals surface area (Å²) in [5, 5.41) is 8.61. The topological polar surface area (TPSA) is 42.2 Å². The van der Waals surface area contributed by atoms with Crippen LogP contribution in [0.25, 0.3) is 0 Å². The summed E-state index contributed by atoms with van der Waals surface area (Å²) in [7, 11) is 3.19. The maximum Gasteiger partial charge on any atom is 0.161 e. The lowest BCUT2D eigenvalue weighted by molar-refractivity contribution is 0.354. The molecule has 0 saturated heterocycles. The minimum Gasteiger partial charge on any atom is -0.493 e. The number of ether oxygens (including phenoxy) is 2. The molecule has 0 bridgehead atoms. The van der Waals surface area contributed by atoms with Gasteiger partial charge in [-0.25, -0.2) is 0 Å². The van der Waals surface area contributed by atoms with E-state index in [-0.39, 0.29) is 0 Å². The molecule has 1 aromatic rings. The second-order valence-electron chi connectivity index (χ2n) is 2.97. The summed E-state index contributed by atoms with van der Waals surface area (Å²) in [6, 6.07) is 5.84. The van der Waals surface area contributed by atoms with Crippen LogP contribution < -0.4 is 9.47 Å². The van der Waals surface area contributed by atoms with Crippen molar-refractivity contribution >= 4 is 0 Å². The second kappa shape index (κ2) is 4.52. The van der Waals surface area contributed by atoms with Gasteiger partial charge in [-0.2, -0.15) is 5.26 Å². The molecule has 0 aliphatic heterocycles. The molecule has 0 spiro atoms. The van der Waals surface area contributed by atoms with Gasteiger partial charge in [-0.15, -0.1) is 0 Å². The largest absolute Gasteiger partial charge is 0.493 e. The molecule has 0 heterocycles. The van der Waals surface area contributed by atoms with Crippen molar-refractivity contribution in [3.63, 3.8) is 0 Å². The predicted octanol–water partition coefficient (Wildman–Crippen LogP) is 2.08. The van der Waals surface area contributed by atoms with Crippen LogP contribution in [0.5, 0.6) is 11.5 Å². The number of nitrogens with zero attached hydrogens (tertiary/aromatic N) is 1. The summed E-state index contributed by atoms with van der Waals surface area (Å²) in [6.45, 7) is 1.95. The molecule has 74 valence electrons. The van der Waals surface area contributed by atoms with Crippen molar-refractivity contribution in [2.24, 2.45) is 0 Å². The lowest BCUT2D eigenvalue weighted by Crippen LogP contribution is -1.95. The highest BCUT2D eigenvalue weighted by Crippen LogP contribution is 2.30. The minimum absolute atomic E-state index is 0.395. The number of methoxy groups -OCH3 is 2. The molecule has 3 heteroatoms. The molecular formula is C11H13NO2. The molecule has 0 aliphatic rings. The minimum atomic E-state index is 0.395. The molecule has 0 amide bonds. The number of rotatable bonds is 3. The van der Waals surface area contributed by atoms with E-state index in [2.05, 4.69) is 6.07 Å². The van der Waals surface area contributed by atoms with Gasteiger partial charge in [0, 0.05) is 0 Å². The van der Waals surface area contributed by atoms with Crippen LogP contribution in [-0.2, 0) is 6.42 Å². The van der Waals surface area contributed by atoms with Gasteiger partial charge in [0.15, 0.2) is 11.5 Å². The van der Waals surface area contributed by atoms with Gasteiger partial charge in [0.25, 0.3) is 0 Å². The van der Waals surface area contributed by atoms with E-state index in [1.54, 1.807) is 14.2 Å². The molecule has 14 heavy (non-hydrogen) atoms. The molecular weight excluding hydrogens is 178 g/mol. The average molecular weight is 191 g/mol. The zero-order valence-corrected chi connectivity index (χ0v) is 8.63. The first-order chi connectivity index (χ1) is 6.72. The van der Waals surface area contributed by atoms with Crippen LogP contribution in [0.2, 0.25) is 0 Å². The van der Waals surface area contributed by atoms with Gasteiger partial charge < -0.3 is 9.47 Å². The first-order valence-electron chi connectivity index (χ1n) is 4.31. The molecule has 1 aromatic carbocycles. The molecule has 0 atom stereocenters. The number of benzene rings is 1. The van der Waals surface area contributed by atoms with Gasteiger partial charge in [-0.05, 0) is 30.2 Å². The SMILES string of the molecule is COc1cc(C)c(CC#N)cc1OC. The van der Waals surface area contributed by atoms with Gasteiger partial charge >= 0.3 is 0 Å². The van der Waals surface area contributed by atoms with E-state index < -0.39 is 0 Å². The first kappa shape index (κ1) is 10.4. The molecule has 0 saturated carbocycles.